The molecule has 86 valence electrons. The van der Waals surface area contributed by atoms with E-state index in [4.69, 9.17) is 11.2 Å². The Morgan fingerprint density at radius 2 is 2.06 bits per heavy atom. The number of hydrogen-bond acceptors (Lipinski definition) is 2. The summed E-state index contributed by atoms with van der Waals surface area (Å²) in [6, 6.07) is 9.96. The van der Waals surface area contributed by atoms with Gasteiger partial charge in [-0.05, 0) is 12.5 Å². The molecule has 0 saturated carbocycles. The third-order valence-corrected chi connectivity index (χ3v) is 2.38. The largest absolute Gasteiger partial charge is 0.389 e. The van der Waals surface area contributed by atoms with Gasteiger partial charge in [-0.15, -0.1) is 12.3 Å². The van der Waals surface area contributed by atoms with Crippen LogP contribution in [0.2, 0.25) is 0 Å². The molecule has 1 N–H and O–H groups in total. The normalized spacial score (nSPS) is 14.1. The first-order chi connectivity index (χ1) is 7.64. The van der Waals surface area contributed by atoms with Gasteiger partial charge in [-0.1, -0.05) is 30.3 Å². The van der Waals surface area contributed by atoms with Crippen LogP contribution in [0.4, 0.5) is 0 Å². The average Bonchev–Trinajstić information content (AvgIpc) is 2.26. The summed E-state index contributed by atoms with van der Waals surface area (Å²) in [5.74, 6) is 2.46. The van der Waals surface area contributed by atoms with Crippen molar-refractivity contribution in [3.8, 4) is 12.3 Å². The minimum atomic E-state index is -0.814. The van der Waals surface area contributed by atoms with Crippen molar-refractivity contribution in [1.82, 2.24) is 0 Å². The zero-order valence-electron chi connectivity index (χ0n) is 9.65. The molecule has 0 amide bonds. The molecule has 0 radical (unpaired) electrons. The number of aliphatic hydroxyl groups is 1. The molecule has 0 fully saturated rings. The van der Waals surface area contributed by atoms with Crippen molar-refractivity contribution in [2.75, 3.05) is 6.61 Å². The molecule has 0 aliphatic carbocycles. The molecular weight excluding hydrogens is 200 g/mol. The van der Waals surface area contributed by atoms with Gasteiger partial charge < -0.3 is 9.84 Å². The van der Waals surface area contributed by atoms with Crippen LogP contribution in [0.15, 0.2) is 30.3 Å². The van der Waals surface area contributed by atoms with Gasteiger partial charge in [0.1, 0.15) is 0 Å². The molecule has 0 heterocycles. The first-order valence-corrected chi connectivity index (χ1v) is 5.41. The summed E-state index contributed by atoms with van der Waals surface area (Å²) in [6.07, 6.45) is 6.08. The molecule has 0 bridgehead atoms. The van der Waals surface area contributed by atoms with Crippen LogP contribution >= 0.6 is 0 Å². The van der Waals surface area contributed by atoms with Crippen LogP contribution in [0, 0.1) is 12.3 Å². The maximum Gasteiger partial charge on any atom is 0.0750 e. The summed E-state index contributed by atoms with van der Waals surface area (Å²) in [5, 5.41) is 9.79. The molecule has 1 aromatic carbocycles. The van der Waals surface area contributed by atoms with Gasteiger partial charge in [-0.2, -0.15) is 0 Å². The number of hydrogen-bond donors (Lipinski definition) is 1. The van der Waals surface area contributed by atoms with Gasteiger partial charge in [-0.25, -0.2) is 0 Å². The summed E-state index contributed by atoms with van der Waals surface area (Å²) < 4.78 is 5.47. The Morgan fingerprint density at radius 3 is 2.69 bits per heavy atom. The maximum absolute atomic E-state index is 9.79. The summed E-state index contributed by atoms with van der Waals surface area (Å²) in [7, 11) is 0. The van der Waals surface area contributed by atoms with E-state index in [1.165, 1.54) is 0 Å². The summed E-state index contributed by atoms with van der Waals surface area (Å²) >= 11 is 0. The topological polar surface area (TPSA) is 29.5 Å². The molecule has 2 nitrogen and oxygen atoms in total. The van der Waals surface area contributed by atoms with Crippen LogP contribution in [0.5, 0.6) is 0 Å². The highest BCUT2D eigenvalue weighted by atomic mass is 16.5. The number of rotatable bonds is 6. The zero-order chi connectivity index (χ0) is 11.9. The van der Waals surface area contributed by atoms with Crippen LogP contribution < -0.4 is 0 Å². The van der Waals surface area contributed by atoms with Crippen molar-refractivity contribution in [3.63, 3.8) is 0 Å². The summed E-state index contributed by atoms with van der Waals surface area (Å²) in [6.45, 7) is 2.83. The lowest BCUT2D eigenvalue weighted by atomic mass is 9.99. The standard InChI is InChI=1S/C14H18O2/c1-3-9-14(2,15)10-11-16-12-13-7-5-4-6-8-13/h1,4-8,15H,9-12H2,2H3. The summed E-state index contributed by atoms with van der Waals surface area (Å²) in [5.41, 5.74) is 0.324. The first kappa shape index (κ1) is 12.8. The van der Waals surface area contributed by atoms with Gasteiger partial charge in [-0.3, -0.25) is 0 Å². The molecule has 0 aliphatic rings. The quantitative estimate of drug-likeness (QED) is 0.586. The lowest BCUT2D eigenvalue weighted by Crippen LogP contribution is -2.25. The first-order valence-electron chi connectivity index (χ1n) is 5.41. The lowest BCUT2D eigenvalue weighted by Gasteiger charge is -2.20. The molecule has 0 saturated heterocycles. The highest BCUT2D eigenvalue weighted by Crippen LogP contribution is 2.13. The molecule has 0 aliphatic heterocycles. The van der Waals surface area contributed by atoms with E-state index in [1.807, 2.05) is 30.3 Å². The number of ether oxygens (including phenoxy) is 1. The van der Waals surface area contributed by atoms with E-state index >= 15 is 0 Å². The molecule has 16 heavy (non-hydrogen) atoms. The van der Waals surface area contributed by atoms with E-state index in [-0.39, 0.29) is 0 Å². The van der Waals surface area contributed by atoms with Gasteiger partial charge in [0.15, 0.2) is 0 Å². The fourth-order valence-corrected chi connectivity index (χ4v) is 1.36. The Morgan fingerprint density at radius 1 is 1.38 bits per heavy atom. The van der Waals surface area contributed by atoms with Crippen LogP contribution in [0.25, 0.3) is 0 Å². The molecule has 1 unspecified atom stereocenters. The molecule has 1 aromatic rings. The fourth-order valence-electron chi connectivity index (χ4n) is 1.36. The maximum atomic E-state index is 9.79. The third-order valence-electron chi connectivity index (χ3n) is 2.38. The van der Waals surface area contributed by atoms with E-state index in [2.05, 4.69) is 5.92 Å². The molecule has 0 aromatic heterocycles. The molecular formula is C14H18O2. The van der Waals surface area contributed by atoms with E-state index in [0.717, 1.165) is 5.56 Å². The van der Waals surface area contributed by atoms with Gasteiger partial charge in [0.05, 0.1) is 12.2 Å². The SMILES string of the molecule is C#CCC(C)(O)CCOCc1ccccc1. The van der Waals surface area contributed by atoms with Crippen LogP contribution in [0.3, 0.4) is 0 Å². The van der Waals surface area contributed by atoms with Crippen molar-refractivity contribution in [1.29, 1.82) is 0 Å². The second kappa shape index (κ2) is 6.32. The molecule has 1 rings (SSSR count). The van der Waals surface area contributed by atoms with Gasteiger partial charge in [0, 0.05) is 19.4 Å². The second-order valence-electron chi connectivity index (χ2n) is 4.17. The number of benzene rings is 1. The predicted octanol–water partition coefficient (Wildman–Crippen LogP) is 2.37. The molecule has 2 heteroatoms. The van der Waals surface area contributed by atoms with Gasteiger partial charge in [0.2, 0.25) is 0 Å². The van der Waals surface area contributed by atoms with Crippen molar-refractivity contribution < 1.29 is 9.84 Å². The van der Waals surface area contributed by atoms with Crippen molar-refractivity contribution in [2.24, 2.45) is 0 Å². The Bertz CT molecular complexity index is 336. The second-order valence-corrected chi connectivity index (χ2v) is 4.17. The van der Waals surface area contributed by atoms with Crippen LogP contribution in [0.1, 0.15) is 25.3 Å². The zero-order valence-corrected chi connectivity index (χ0v) is 9.65. The minimum absolute atomic E-state index is 0.363. The highest BCUT2D eigenvalue weighted by Gasteiger charge is 2.18. The van der Waals surface area contributed by atoms with Crippen molar-refractivity contribution in [2.45, 2.75) is 32.0 Å². The Labute approximate surface area is 97.3 Å². The van der Waals surface area contributed by atoms with Gasteiger partial charge >= 0.3 is 0 Å². The van der Waals surface area contributed by atoms with E-state index in [1.54, 1.807) is 6.92 Å². The molecule has 0 spiro atoms. The number of terminal acetylenes is 1. The van der Waals surface area contributed by atoms with Crippen LogP contribution in [-0.4, -0.2) is 17.3 Å². The van der Waals surface area contributed by atoms with Gasteiger partial charge in [0.25, 0.3) is 0 Å². The lowest BCUT2D eigenvalue weighted by molar-refractivity contribution is 0.0140. The third kappa shape index (κ3) is 4.97. The fraction of sp³-hybridized carbons (Fsp3) is 0.429. The Balaban J connectivity index is 2.20. The van der Waals surface area contributed by atoms with Crippen molar-refractivity contribution >= 4 is 0 Å². The Hall–Kier alpha value is -1.30. The van der Waals surface area contributed by atoms with E-state index < -0.39 is 5.60 Å². The van der Waals surface area contributed by atoms with Crippen LogP contribution in [-0.2, 0) is 11.3 Å². The average molecular weight is 218 g/mol. The predicted molar refractivity (Wildman–Crippen MR) is 64.8 cm³/mol. The molecule has 1 atom stereocenters. The Kier molecular flexibility index (Phi) is 5.04. The van der Waals surface area contributed by atoms with Crippen molar-refractivity contribution in [3.05, 3.63) is 35.9 Å². The van der Waals surface area contributed by atoms with E-state index in [0.29, 0.717) is 26.1 Å². The minimum Gasteiger partial charge on any atom is -0.389 e. The smallest absolute Gasteiger partial charge is 0.0750 e. The highest BCUT2D eigenvalue weighted by molar-refractivity contribution is 5.13. The monoisotopic (exact) mass is 218 g/mol. The van der Waals surface area contributed by atoms with E-state index in [9.17, 15) is 5.11 Å². The summed E-state index contributed by atoms with van der Waals surface area (Å²) in [4.78, 5) is 0.